The van der Waals surface area contributed by atoms with Crippen LogP contribution in [-0.2, 0) is 16.1 Å². The number of benzene rings is 1. The molecule has 16 heavy (non-hydrogen) atoms. The van der Waals surface area contributed by atoms with Crippen LogP contribution in [0.3, 0.4) is 0 Å². The number of carbonyl (C=O) groups excluding carboxylic acids is 1. The van der Waals surface area contributed by atoms with Crippen molar-refractivity contribution in [2.24, 2.45) is 0 Å². The van der Waals surface area contributed by atoms with Crippen LogP contribution in [0, 0.1) is 3.57 Å². The molecule has 0 aliphatic heterocycles. The van der Waals surface area contributed by atoms with Gasteiger partial charge in [0.05, 0.1) is 7.11 Å². The molecule has 86 valence electrons. The maximum atomic E-state index is 10.9. The lowest BCUT2D eigenvalue weighted by molar-refractivity contribution is -0.134. The summed E-state index contributed by atoms with van der Waals surface area (Å²) in [5.74, 6) is -0.338. The highest BCUT2D eigenvalue weighted by molar-refractivity contribution is 14.1. The minimum Gasteiger partial charge on any atom is -0.466 e. The number of ether oxygens (including phenoxy) is 1. The van der Waals surface area contributed by atoms with Crippen molar-refractivity contribution in [1.29, 1.82) is 0 Å². The fourth-order valence-electron chi connectivity index (χ4n) is 1.20. The summed E-state index contributed by atoms with van der Waals surface area (Å²) in [7, 11) is 3.29. The van der Waals surface area contributed by atoms with Crippen LogP contribution >= 0.6 is 22.6 Å². The Morgan fingerprint density at radius 2 is 2.19 bits per heavy atom. The Bertz CT molecular complexity index is 390. The minimum atomic E-state index is -0.338. The van der Waals surface area contributed by atoms with E-state index >= 15 is 0 Å². The maximum Gasteiger partial charge on any atom is 0.331 e. The molecule has 0 fully saturated rings. The Balaban J connectivity index is 2.58. The average Bonchev–Trinajstić information content (AvgIpc) is 2.29. The zero-order chi connectivity index (χ0) is 12.0. The van der Waals surface area contributed by atoms with Gasteiger partial charge in [-0.1, -0.05) is 18.2 Å². The van der Waals surface area contributed by atoms with Crippen LogP contribution in [0.2, 0.25) is 0 Å². The van der Waals surface area contributed by atoms with Gasteiger partial charge >= 0.3 is 5.97 Å². The van der Waals surface area contributed by atoms with Crippen molar-refractivity contribution in [3.63, 3.8) is 0 Å². The van der Waals surface area contributed by atoms with E-state index in [0.717, 1.165) is 6.54 Å². The monoisotopic (exact) mass is 331 g/mol. The summed E-state index contributed by atoms with van der Waals surface area (Å²) < 4.78 is 5.74. The van der Waals surface area contributed by atoms with Gasteiger partial charge in [0.1, 0.15) is 0 Å². The second-order valence-electron chi connectivity index (χ2n) is 3.35. The van der Waals surface area contributed by atoms with Crippen molar-refractivity contribution < 1.29 is 9.53 Å². The Labute approximate surface area is 109 Å². The van der Waals surface area contributed by atoms with Crippen LogP contribution in [-0.4, -0.2) is 25.0 Å². The molecule has 4 heteroatoms. The summed E-state index contributed by atoms with van der Waals surface area (Å²) >= 11 is 2.30. The van der Waals surface area contributed by atoms with E-state index < -0.39 is 0 Å². The molecule has 0 saturated carbocycles. The van der Waals surface area contributed by atoms with Gasteiger partial charge in [-0.05, 0) is 34.2 Å². The number of hydrogen-bond acceptors (Lipinski definition) is 3. The van der Waals surface area contributed by atoms with Crippen molar-refractivity contribution in [2.45, 2.75) is 6.54 Å². The van der Waals surface area contributed by atoms with E-state index in [4.69, 9.17) is 0 Å². The topological polar surface area (TPSA) is 29.5 Å². The molecule has 0 amide bonds. The number of carbonyl (C=O) groups is 1. The Hall–Kier alpha value is -1.04. The SMILES string of the molecule is COC(=O)/C=C/N(C)Cc1ccccc1I. The third-order valence-electron chi connectivity index (χ3n) is 2.04. The quantitative estimate of drug-likeness (QED) is 0.482. The normalized spacial score (nSPS) is 10.4. The second kappa shape index (κ2) is 6.52. The van der Waals surface area contributed by atoms with E-state index in [2.05, 4.69) is 39.5 Å². The van der Waals surface area contributed by atoms with E-state index in [1.165, 1.54) is 22.3 Å². The molecule has 0 heterocycles. The molecule has 0 bridgehead atoms. The summed E-state index contributed by atoms with van der Waals surface area (Å²) in [6.07, 6.45) is 3.13. The molecule has 0 aliphatic rings. The summed E-state index contributed by atoms with van der Waals surface area (Å²) in [5, 5.41) is 0. The fourth-order valence-corrected chi connectivity index (χ4v) is 1.76. The summed E-state index contributed by atoms with van der Waals surface area (Å²) in [4.78, 5) is 12.8. The zero-order valence-corrected chi connectivity index (χ0v) is 11.5. The van der Waals surface area contributed by atoms with Crippen LogP contribution in [0.4, 0.5) is 0 Å². The summed E-state index contributed by atoms with van der Waals surface area (Å²) in [6, 6.07) is 8.16. The number of hydrogen-bond donors (Lipinski definition) is 0. The lowest BCUT2D eigenvalue weighted by atomic mass is 10.2. The summed E-state index contributed by atoms with van der Waals surface area (Å²) in [5.41, 5.74) is 1.24. The average molecular weight is 331 g/mol. The molecule has 1 aromatic carbocycles. The van der Waals surface area contributed by atoms with Gasteiger partial charge in [0.15, 0.2) is 0 Å². The molecule has 0 radical (unpaired) electrons. The Morgan fingerprint density at radius 3 is 2.81 bits per heavy atom. The molecule has 0 atom stereocenters. The second-order valence-corrected chi connectivity index (χ2v) is 4.51. The Morgan fingerprint density at radius 1 is 1.50 bits per heavy atom. The molecular weight excluding hydrogens is 317 g/mol. The van der Waals surface area contributed by atoms with E-state index in [-0.39, 0.29) is 5.97 Å². The number of nitrogens with zero attached hydrogens (tertiary/aromatic N) is 1. The van der Waals surface area contributed by atoms with E-state index in [9.17, 15) is 4.79 Å². The Kier molecular flexibility index (Phi) is 5.31. The van der Waals surface area contributed by atoms with Crippen molar-refractivity contribution in [2.75, 3.05) is 14.2 Å². The molecule has 3 nitrogen and oxygen atoms in total. The van der Waals surface area contributed by atoms with Crippen LogP contribution in [0.5, 0.6) is 0 Å². The maximum absolute atomic E-state index is 10.9. The first kappa shape index (κ1) is 13.0. The fraction of sp³-hybridized carbons (Fsp3) is 0.250. The van der Waals surface area contributed by atoms with Gasteiger partial charge in [-0.3, -0.25) is 0 Å². The van der Waals surface area contributed by atoms with Gasteiger partial charge in [-0.2, -0.15) is 0 Å². The van der Waals surface area contributed by atoms with Crippen LogP contribution in [0.25, 0.3) is 0 Å². The number of rotatable bonds is 4. The predicted molar refractivity (Wildman–Crippen MR) is 71.8 cm³/mol. The summed E-state index contributed by atoms with van der Waals surface area (Å²) in [6.45, 7) is 0.770. The highest BCUT2D eigenvalue weighted by Crippen LogP contribution is 2.13. The smallest absolute Gasteiger partial charge is 0.331 e. The highest BCUT2D eigenvalue weighted by Gasteiger charge is 2.00. The lowest BCUT2D eigenvalue weighted by Crippen LogP contribution is -2.12. The molecule has 0 aromatic heterocycles. The van der Waals surface area contributed by atoms with Gasteiger partial charge in [0.25, 0.3) is 0 Å². The number of methoxy groups -OCH3 is 1. The standard InChI is InChI=1S/C12H14INO2/c1-14(8-7-12(15)16-2)9-10-5-3-4-6-11(10)13/h3-8H,9H2,1-2H3/b8-7+. The van der Waals surface area contributed by atoms with Crippen LogP contribution < -0.4 is 0 Å². The third-order valence-corrected chi connectivity index (χ3v) is 3.10. The molecule has 0 N–H and O–H groups in total. The third kappa shape index (κ3) is 4.22. The van der Waals surface area contributed by atoms with Crippen molar-refractivity contribution in [3.8, 4) is 0 Å². The number of esters is 1. The number of halogens is 1. The first-order chi connectivity index (χ1) is 7.63. The zero-order valence-electron chi connectivity index (χ0n) is 9.31. The highest BCUT2D eigenvalue weighted by atomic mass is 127. The van der Waals surface area contributed by atoms with Crippen molar-refractivity contribution in [3.05, 3.63) is 45.7 Å². The van der Waals surface area contributed by atoms with Gasteiger partial charge in [0, 0.05) is 29.4 Å². The molecule has 1 aromatic rings. The molecular formula is C12H14INO2. The lowest BCUT2D eigenvalue weighted by Gasteiger charge is -2.14. The first-order valence-corrected chi connectivity index (χ1v) is 5.91. The first-order valence-electron chi connectivity index (χ1n) is 4.83. The van der Waals surface area contributed by atoms with Crippen LogP contribution in [0.15, 0.2) is 36.5 Å². The molecule has 0 saturated heterocycles. The van der Waals surface area contributed by atoms with E-state index in [0.29, 0.717) is 0 Å². The minimum absolute atomic E-state index is 0.338. The van der Waals surface area contributed by atoms with Gasteiger partial charge in [-0.15, -0.1) is 0 Å². The van der Waals surface area contributed by atoms with Crippen LogP contribution in [0.1, 0.15) is 5.56 Å². The van der Waals surface area contributed by atoms with Gasteiger partial charge in [0.2, 0.25) is 0 Å². The predicted octanol–water partition coefficient (Wildman–Crippen LogP) is 2.41. The largest absolute Gasteiger partial charge is 0.466 e. The van der Waals surface area contributed by atoms with E-state index in [1.54, 1.807) is 6.20 Å². The van der Waals surface area contributed by atoms with E-state index in [1.807, 2.05) is 24.1 Å². The molecule has 0 aliphatic carbocycles. The molecule has 1 rings (SSSR count). The van der Waals surface area contributed by atoms with Crippen molar-refractivity contribution >= 4 is 28.6 Å². The van der Waals surface area contributed by atoms with Gasteiger partial charge in [-0.25, -0.2) is 4.79 Å². The van der Waals surface area contributed by atoms with Crippen molar-refractivity contribution in [1.82, 2.24) is 4.90 Å². The van der Waals surface area contributed by atoms with Gasteiger partial charge < -0.3 is 9.64 Å². The molecule has 0 spiro atoms. The molecule has 0 unspecified atom stereocenters.